The second-order valence-electron chi connectivity index (χ2n) is 5.73. The number of amides is 1. The van der Waals surface area contributed by atoms with Crippen LogP contribution in [0.25, 0.3) is 11.1 Å². The number of benzene rings is 2. The van der Waals surface area contributed by atoms with E-state index in [0.29, 0.717) is 11.4 Å². The summed E-state index contributed by atoms with van der Waals surface area (Å²) in [4.78, 5) is 13.3. The molecule has 0 aliphatic carbocycles. The van der Waals surface area contributed by atoms with Crippen molar-refractivity contribution in [3.8, 4) is 11.1 Å². The molecular weight excluding hydrogens is 345 g/mol. The van der Waals surface area contributed by atoms with Crippen LogP contribution in [0.3, 0.4) is 0 Å². The lowest BCUT2D eigenvalue weighted by molar-refractivity contribution is -0.116. The molecule has 3 aromatic rings. The summed E-state index contributed by atoms with van der Waals surface area (Å²) in [5.41, 5.74) is 3.32. The molecule has 5 heteroatoms. The summed E-state index contributed by atoms with van der Waals surface area (Å²) in [6.45, 7) is 0. The van der Waals surface area contributed by atoms with Crippen LogP contribution >= 0.6 is 22.9 Å². The van der Waals surface area contributed by atoms with Gasteiger partial charge in [-0.1, -0.05) is 41.9 Å². The Morgan fingerprint density at radius 3 is 2.79 bits per heavy atom. The molecule has 0 saturated carbocycles. The Labute approximate surface area is 147 Å². The van der Waals surface area contributed by atoms with Crippen molar-refractivity contribution in [3.63, 3.8) is 0 Å². The molecule has 1 N–H and O–H groups in total. The summed E-state index contributed by atoms with van der Waals surface area (Å²) < 4.78 is 13.6. The molecule has 1 aliphatic heterocycles. The van der Waals surface area contributed by atoms with E-state index in [0.717, 1.165) is 27.3 Å². The van der Waals surface area contributed by atoms with Gasteiger partial charge in [0.2, 0.25) is 5.91 Å². The van der Waals surface area contributed by atoms with Gasteiger partial charge in [0, 0.05) is 33.2 Å². The van der Waals surface area contributed by atoms with Gasteiger partial charge in [0.05, 0.1) is 5.69 Å². The van der Waals surface area contributed by atoms with Gasteiger partial charge in [0.1, 0.15) is 5.82 Å². The van der Waals surface area contributed by atoms with Crippen molar-refractivity contribution in [2.75, 3.05) is 5.32 Å². The van der Waals surface area contributed by atoms with Crippen molar-refractivity contribution in [2.24, 2.45) is 0 Å². The van der Waals surface area contributed by atoms with Crippen LogP contribution in [0.2, 0.25) is 5.02 Å². The van der Waals surface area contributed by atoms with Crippen molar-refractivity contribution in [2.45, 2.75) is 12.3 Å². The lowest BCUT2D eigenvalue weighted by Gasteiger charge is -2.24. The van der Waals surface area contributed by atoms with E-state index in [2.05, 4.69) is 5.32 Å². The van der Waals surface area contributed by atoms with Crippen molar-refractivity contribution >= 4 is 34.5 Å². The van der Waals surface area contributed by atoms with E-state index in [9.17, 15) is 9.18 Å². The third kappa shape index (κ3) is 2.62. The number of anilines is 1. The summed E-state index contributed by atoms with van der Waals surface area (Å²) in [7, 11) is 0. The second-order valence-corrected chi connectivity index (χ2v) is 7.04. The molecule has 0 radical (unpaired) electrons. The van der Waals surface area contributed by atoms with Crippen molar-refractivity contribution in [1.82, 2.24) is 0 Å². The normalized spacial score (nSPS) is 16.6. The lowest BCUT2D eigenvalue weighted by Crippen LogP contribution is -2.22. The molecule has 2 aromatic carbocycles. The van der Waals surface area contributed by atoms with Crippen molar-refractivity contribution in [3.05, 3.63) is 75.2 Å². The van der Waals surface area contributed by atoms with E-state index in [-0.39, 0.29) is 17.6 Å². The van der Waals surface area contributed by atoms with E-state index in [4.69, 9.17) is 11.6 Å². The smallest absolute Gasteiger partial charge is 0.225 e. The van der Waals surface area contributed by atoms with Crippen LogP contribution in [-0.2, 0) is 4.79 Å². The number of hydrogen-bond acceptors (Lipinski definition) is 2. The molecule has 0 unspecified atom stereocenters. The molecule has 1 aliphatic rings. The average molecular weight is 358 g/mol. The van der Waals surface area contributed by atoms with Crippen LogP contribution in [0.1, 0.15) is 22.8 Å². The van der Waals surface area contributed by atoms with Gasteiger partial charge >= 0.3 is 0 Å². The summed E-state index contributed by atoms with van der Waals surface area (Å²) in [6, 6.07) is 14.0. The van der Waals surface area contributed by atoms with Gasteiger partial charge in [0.15, 0.2) is 0 Å². The first-order valence-electron chi connectivity index (χ1n) is 7.55. The fourth-order valence-corrected chi connectivity index (χ4v) is 4.52. The van der Waals surface area contributed by atoms with Gasteiger partial charge in [-0.05, 0) is 29.3 Å². The van der Waals surface area contributed by atoms with E-state index < -0.39 is 0 Å². The summed E-state index contributed by atoms with van der Waals surface area (Å²) >= 11 is 7.91. The average Bonchev–Trinajstić information content (AvgIpc) is 2.98. The van der Waals surface area contributed by atoms with E-state index in [1.165, 1.54) is 12.1 Å². The SMILES string of the molecule is O=C1C[C@H](c2ccccc2Cl)c2scc(-c3cccc(F)c3)c2N1. The predicted octanol–water partition coefficient (Wildman–Crippen LogP) is 5.68. The zero-order valence-corrected chi connectivity index (χ0v) is 14.1. The minimum Gasteiger partial charge on any atom is -0.325 e. The van der Waals surface area contributed by atoms with Gasteiger partial charge in [-0.25, -0.2) is 4.39 Å². The number of hydrogen-bond donors (Lipinski definition) is 1. The Kier molecular flexibility index (Phi) is 3.87. The fourth-order valence-electron chi connectivity index (χ4n) is 3.10. The Morgan fingerprint density at radius 2 is 2.00 bits per heavy atom. The third-order valence-corrected chi connectivity index (χ3v) is 5.65. The molecule has 2 heterocycles. The highest BCUT2D eigenvalue weighted by Gasteiger charge is 2.31. The summed E-state index contributed by atoms with van der Waals surface area (Å²) in [6.07, 6.45) is 0.361. The van der Waals surface area contributed by atoms with Crippen LogP contribution in [0, 0.1) is 5.82 Å². The molecule has 1 amide bonds. The minimum absolute atomic E-state index is 0.0523. The molecule has 24 heavy (non-hydrogen) atoms. The Bertz CT molecular complexity index is 937. The first kappa shape index (κ1) is 15.4. The minimum atomic E-state index is -0.294. The molecule has 4 rings (SSSR count). The van der Waals surface area contributed by atoms with Gasteiger partial charge in [-0.2, -0.15) is 0 Å². The lowest BCUT2D eigenvalue weighted by atomic mass is 9.89. The van der Waals surface area contributed by atoms with Gasteiger partial charge < -0.3 is 5.32 Å². The molecule has 0 saturated heterocycles. The van der Waals surface area contributed by atoms with Crippen LogP contribution in [0.4, 0.5) is 10.1 Å². The number of thiophene rings is 1. The molecule has 120 valence electrons. The quantitative estimate of drug-likeness (QED) is 0.628. The Hall–Kier alpha value is -2.17. The van der Waals surface area contributed by atoms with Crippen molar-refractivity contribution in [1.29, 1.82) is 0 Å². The van der Waals surface area contributed by atoms with Crippen LogP contribution in [0.15, 0.2) is 53.9 Å². The van der Waals surface area contributed by atoms with E-state index in [1.807, 2.05) is 35.7 Å². The number of nitrogens with one attached hydrogen (secondary N) is 1. The maximum atomic E-state index is 13.6. The van der Waals surface area contributed by atoms with Crippen molar-refractivity contribution < 1.29 is 9.18 Å². The van der Waals surface area contributed by atoms with Gasteiger partial charge in [0.25, 0.3) is 0 Å². The molecule has 2 nitrogen and oxygen atoms in total. The summed E-state index contributed by atoms with van der Waals surface area (Å²) in [5, 5.41) is 5.58. The highest BCUT2D eigenvalue weighted by atomic mass is 35.5. The summed E-state index contributed by atoms with van der Waals surface area (Å²) in [5.74, 6) is -0.421. The Morgan fingerprint density at radius 1 is 1.17 bits per heavy atom. The molecular formula is C19H13ClFNOS. The standard InChI is InChI=1S/C19H13ClFNOS/c20-16-7-2-1-6-13(16)14-9-17(23)22-18-15(10-24-19(14)18)11-4-3-5-12(21)8-11/h1-8,10,14H,9H2,(H,22,23)/t14-/m1/s1. The topological polar surface area (TPSA) is 29.1 Å². The third-order valence-electron chi connectivity index (χ3n) is 4.21. The van der Waals surface area contributed by atoms with Crippen LogP contribution in [0.5, 0.6) is 0 Å². The highest BCUT2D eigenvalue weighted by Crippen LogP contribution is 2.47. The number of rotatable bonds is 2. The molecule has 1 aromatic heterocycles. The number of halogens is 2. The van der Waals surface area contributed by atoms with Gasteiger partial charge in [-0.15, -0.1) is 11.3 Å². The number of fused-ring (bicyclic) bond motifs is 1. The molecule has 0 bridgehead atoms. The highest BCUT2D eigenvalue weighted by molar-refractivity contribution is 7.11. The Balaban J connectivity index is 1.85. The zero-order chi connectivity index (χ0) is 16.7. The number of carbonyl (C=O) groups is 1. The van der Waals surface area contributed by atoms with Crippen LogP contribution < -0.4 is 5.32 Å². The predicted molar refractivity (Wildman–Crippen MR) is 96.3 cm³/mol. The second kappa shape index (κ2) is 6.04. The largest absolute Gasteiger partial charge is 0.325 e. The van der Waals surface area contributed by atoms with Gasteiger partial charge in [-0.3, -0.25) is 4.79 Å². The number of carbonyl (C=O) groups excluding carboxylic acids is 1. The maximum absolute atomic E-state index is 13.6. The fraction of sp³-hybridized carbons (Fsp3) is 0.105. The van der Waals surface area contributed by atoms with Crippen LogP contribution in [-0.4, -0.2) is 5.91 Å². The van der Waals surface area contributed by atoms with E-state index in [1.54, 1.807) is 17.4 Å². The maximum Gasteiger partial charge on any atom is 0.225 e. The monoisotopic (exact) mass is 357 g/mol. The first-order valence-corrected chi connectivity index (χ1v) is 8.81. The molecule has 0 fully saturated rings. The zero-order valence-electron chi connectivity index (χ0n) is 12.6. The van der Waals surface area contributed by atoms with E-state index >= 15 is 0 Å². The molecule has 1 atom stereocenters. The first-order chi connectivity index (χ1) is 11.6. The molecule has 0 spiro atoms.